The summed E-state index contributed by atoms with van der Waals surface area (Å²) in [6, 6.07) is 4.67. The van der Waals surface area contributed by atoms with E-state index >= 15 is 0 Å². The maximum atomic E-state index is 12.7. The Morgan fingerprint density at radius 2 is 1.84 bits per heavy atom. The number of anilines is 1. The van der Waals surface area contributed by atoms with Gasteiger partial charge in [0, 0.05) is 32.1 Å². The van der Waals surface area contributed by atoms with Gasteiger partial charge < -0.3 is 15.5 Å². The Bertz CT molecular complexity index is 938. The maximum Gasteiger partial charge on any atom is 0.271 e. The zero-order valence-electron chi connectivity index (χ0n) is 16.5. The summed E-state index contributed by atoms with van der Waals surface area (Å²) in [7, 11) is 0. The van der Waals surface area contributed by atoms with Crippen LogP contribution in [0.1, 0.15) is 40.1 Å². The summed E-state index contributed by atoms with van der Waals surface area (Å²) in [5.74, 6) is -1.37. The van der Waals surface area contributed by atoms with Gasteiger partial charge in [0.2, 0.25) is 5.91 Å². The Kier molecular flexibility index (Phi) is 7.85. The molecule has 0 saturated carbocycles. The van der Waals surface area contributed by atoms with Gasteiger partial charge in [-0.2, -0.15) is 5.10 Å². The van der Waals surface area contributed by atoms with Crippen LogP contribution in [0.25, 0.3) is 0 Å². The van der Waals surface area contributed by atoms with Crippen molar-refractivity contribution in [3.8, 4) is 0 Å². The molecule has 1 fully saturated rings. The zero-order valence-corrected chi connectivity index (χ0v) is 18.0. The van der Waals surface area contributed by atoms with E-state index in [1.54, 1.807) is 23.7 Å². The number of hydrogen-bond donors (Lipinski definition) is 5. The van der Waals surface area contributed by atoms with E-state index in [1.165, 1.54) is 6.20 Å². The predicted octanol–water partition coefficient (Wildman–Crippen LogP) is 2.06. The van der Waals surface area contributed by atoms with Crippen molar-refractivity contribution in [2.45, 2.75) is 25.3 Å². The van der Waals surface area contributed by atoms with Crippen molar-refractivity contribution in [1.82, 2.24) is 25.9 Å². The highest BCUT2D eigenvalue weighted by molar-refractivity contribution is 6.40. The number of nitrogens with zero attached hydrogens (tertiary/aromatic N) is 2. The predicted molar refractivity (Wildman–Crippen MR) is 114 cm³/mol. The van der Waals surface area contributed by atoms with Crippen LogP contribution < -0.4 is 16.1 Å². The van der Waals surface area contributed by atoms with E-state index in [2.05, 4.69) is 25.7 Å². The minimum absolute atomic E-state index is 0.0553. The van der Waals surface area contributed by atoms with Gasteiger partial charge in [0.25, 0.3) is 11.8 Å². The molecule has 31 heavy (non-hydrogen) atoms. The highest BCUT2D eigenvalue weighted by atomic mass is 35.5. The van der Waals surface area contributed by atoms with Crippen LogP contribution in [0.3, 0.4) is 0 Å². The van der Waals surface area contributed by atoms with Crippen molar-refractivity contribution in [2.75, 3.05) is 25.0 Å². The van der Waals surface area contributed by atoms with Gasteiger partial charge >= 0.3 is 0 Å². The van der Waals surface area contributed by atoms with Crippen molar-refractivity contribution in [3.05, 3.63) is 45.7 Å². The van der Waals surface area contributed by atoms with Gasteiger partial charge in [-0.05, 0) is 25.0 Å². The lowest BCUT2D eigenvalue weighted by Gasteiger charge is -2.32. The summed E-state index contributed by atoms with van der Waals surface area (Å²) in [6.07, 6.45) is 2.96. The third-order valence-electron chi connectivity index (χ3n) is 5.01. The molecule has 166 valence electrons. The molecule has 0 spiro atoms. The first-order valence-corrected chi connectivity index (χ1v) is 10.4. The van der Waals surface area contributed by atoms with Crippen molar-refractivity contribution < 1.29 is 19.6 Å². The second-order valence-electron chi connectivity index (χ2n) is 7.08. The number of hydrogen-bond acceptors (Lipinski definition) is 6. The van der Waals surface area contributed by atoms with E-state index in [0.717, 1.165) is 0 Å². The molecule has 1 saturated heterocycles. The van der Waals surface area contributed by atoms with Gasteiger partial charge in [0.15, 0.2) is 0 Å². The second kappa shape index (κ2) is 10.6. The van der Waals surface area contributed by atoms with E-state index in [4.69, 9.17) is 28.4 Å². The van der Waals surface area contributed by atoms with Gasteiger partial charge in [-0.3, -0.25) is 24.7 Å². The van der Waals surface area contributed by atoms with Crippen LogP contribution in [-0.4, -0.2) is 63.7 Å². The van der Waals surface area contributed by atoms with Gasteiger partial charge in [0.05, 0.1) is 27.5 Å². The van der Waals surface area contributed by atoms with Crippen LogP contribution in [0.2, 0.25) is 10.0 Å². The number of carbonyl (C=O) groups excluding carboxylic acids is 3. The molecule has 10 nitrogen and oxygen atoms in total. The summed E-state index contributed by atoms with van der Waals surface area (Å²) < 4.78 is 0. The van der Waals surface area contributed by atoms with Gasteiger partial charge in [0.1, 0.15) is 5.69 Å². The van der Waals surface area contributed by atoms with Gasteiger partial charge in [-0.1, -0.05) is 29.3 Å². The second-order valence-corrected chi connectivity index (χ2v) is 7.90. The number of nitrogens with one attached hydrogen (secondary N) is 4. The molecule has 1 aromatic carbocycles. The Labute approximate surface area is 188 Å². The van der Waals surface area contributed by atoms with Crippen LogP contribution in [0.4, 0.5) is 5.69 Å². The standard InChI is InChI=1S/C19H22Cl2N6O4/c20-12-2-1-3-13(21)16(12)18(29)24-14-10-22-25-17(14)19(30)23-11-4-7-27(8-5-11)9-6-15(28)26-31/h1-3,10-11,31H,4-9H2,(H,22,25)(H,23,30)(H,24,29)(H,26,28). The van der Waals surface area contributed by atoms with E-state index in [0.29, 0.717) is 32.5 Å². The largest absolute Gasteiger partial charge is 0.348 e. The Balaban J connectivity index is 1.55. The van der Waals surface area contributed by atoms with Crippen molar-refractivity contribution in [2.24, 2.45) is 0 Å². The molecule has 2 aromatic rings. The number of halogens is 2. The lowest BCUT2D eigenvalue weighted by atomic mass is 10.0. The van der Waals surface area contributed by atoms with E-state index in [9.17, 15) is 14.4 Å². The smallest absolute Gasteiger partial charge is 0.271 e. The van der Waals surface area contributed by atoms with Crippen LogP contribution in [0.15, 0.2) is 24.4 Å². The monoisotopic (exact) mass is 468 g/mol. The highest BCUT2D eigenvalue weighted by Crippen LogP contribution is 2.25. The third-order valence-corrected chi connectivity index (χ3v) is 5.64. The van der Waals surface area contributed by atoms with Crippen molar-refractivity contribution in [1.29, 1.82) is 0 Å². The van der Waals surface area contributed by atoms with Gasteiger partial charge in [-0.25, -0.2) is 5.48 Å². The number of aromatic nitrogens is 2. The number of benzene rings is 1. The van der Waals surface area contributed by atoms with Crippen LogP contribution >= 0.6 is 23.2 Å². The van der Waals surface area contributed by atoms with Crippen LogP contribution in [0, 0.1) is 0 Å². The molecule has 0 radical (unpaired) electrons. The molecule has 0 bridgehead atoms. The number of likely N-dealkylation sites (tertiary alicyclic amines) is 1. The molecule has 1 aliphatic rings. The summed E-state index contributed by atoms with van der Waals surface area (Å²) in [4.78, 5) is 38.5. The maximum absolute atomic E-state index is 12.7. The average molecular weight is 469 g/mol. The Morgan fingerprint density at radius 3 is 2.48 bits per heavy atom. The number of hydroxylamine groups is 1. The number of H-pyrrole nitrogens is 1. The molecular weight excluding hydrogens is 447 g/mol. The minimum atomic E-state index is -0.550. The lowest BCUT2D eigenvalue weighted by Crippen LogP contribution is -2.45. The highest BCUT2D eigenvalue weighted by Gasteiger charge is 2.24. The Hall–Kier alpha value is -2.66. The first-order chi connectivity index (χ1) is 14.9. The number of amides is 3. The average Bonchev–Trinajstić information content (AvgIpc) is 3.21. The number of aromatic amines is 1. The lowest BCUT2D eigenvalue weighted by molar-refractivity contribution is -0.129. The molecule has 3 rings (SSSR count). The minimum Gasteiger partial charge on any atom is -0.348 e. The molecular formula is C19H22Cl2N6O4. The van der Waals surface area contributed by atoms with E-state index in [-0.39, 0.29) is 39.5 Å². The molecule has 0 unspecified atom stereocenters. The summed E-state index contributed by atoms with van der Waals surface area (Å²) in [5, 5.41) is 21.0. The number of piperidine rings is 1. The number of carbonyl (C=O) groups is 3. The molecule has 0 atom stereocenters. The fraction of sp³-hybridized carbons (Fsp3) is 0.368. The summed E-state index contributed by atoms with van der Waals surface area (Å²) >= 11 is 12.1. The van der Waals surface area contributed by atoms with Crippen LogP contribution in [-0.2, 0) is 4.79 Å². The molecule has 2 heterocycles. The molecule has 5 N–H and O–H groups in total. The van der Waals surface area contributed by atoms with Crippen molar-refractivity contribution in [3.63, 3.8) is 0 Å². The fourth-order valence-corrected chi connectivity index (χ4v) is 3.90. The molecule has 3 amide bonds. The van der Waals surface area contributed by atoms with Gasteiger partial charge in [-0.15, -0.1) is 0 Å². The SMILES string of the molecule is O=C(CCN1CCC(NC(=O)c2[nH]ncc2NC(=O)c2c(Cl)cccc2Cl)CC1)NO. The Morgan fingerprint density at radius 1 is 1.16 bits per heavy atom. The molecule has 12 heteroatoms. The fourth-order valence-electron chi connectivity index (χ4n) is 3.33. The topological polar surface area (TPSA) is 139 Å². The van der Waals surface area contributed by atoms with Crippen molar-refractivity contribution >= 4 is 46.6 Å². The first kappa shape index (κ1) is 23.0. The van der Waals surface area contributed by atoms with E-state index in [1.807, 2.05) is 0 Å². The molecule has 0 aliphatic carbocycles. The third kappa shape index (κ3) is 5.95. The quantitative estimate of drug-likeness (QED) is 0.311. The summed E-state index contributed by atoms with van der Waals surface area (Å²) in [6.45, 7) is 1.96. The molecule has 1 aliphatic heterocycles. The number of rotatable bonds is 7. The normalized spacial score (nSPS) is 14.8. The zero-order chi connectivity index (χ0) is 22.4. The van der Waals surface area contributed by atoms with Crippen LogP contribution in [0.5, 0.6) is 0 Å². The first-order valence-electron chi connectivity index (χ1n) is 9.64. The van der Waals surface area contributed by atoms with E-state index < -0.39 is 17.7 Å². The molecule has 1 aromatic heterocycles. The summed E-state index contributed by atoms with van der Waals surface area (Å²) in [5.41, 5.74) is 2.06.